The molecular formula is C27H26N4O3S. The lowest BCUT2D eigenvalue weighted by Gasteiger charge is -2.16. The van der Waals surface area contributed by atoms with Crippen molar-refractivity contribution in [2.75, 3.05) is 16.8 Å². The second-order valence-electron chi connectivity index (χ2n) is 8.87. The molecule has 5 rings (SSSR count). The Hall–Kier alpha value is -3.78. The van der Waals surface area contributed by atoms with Crippen molar-refractivity contribution in [3.8, 4) is 11.1 Å². The number of hydrogen-bond donors (Lipinski definition) is 1. The first kappa shape index (κ1) is 23.0. The van der Waals surface area contributed by atoms with Crippen LogP contribution >= 0.6 is 11.3 Å². The van der Waals surface area contributed by atoms with E-state index in [0.29, 0.717) is 22.3 Å². The van der Waals surface area contributed by atoms with E-state index in [2.05, 4.69) is 36.3 Å². The van der Waals surface area contributed by atoms with E-state index in [0.717, 1.165) is 29.8 Å². The van der Waals surface area contributed by atoms with Gasteiger partial charge in [0.05, 0.1) is 11.7 Å². The fourth-order valence-electron chi connectivity index (χ4n) is 4.34. The highest BCUT2D eigenvalue weighted by atomic mass is 32.1. The number of amides is 2. The number of nitrogens with zero attached hydrogens (tertiary/aromatic N) is 3. The third-order valence-electron chi connectivity index (χ3n) is 6.49. The van der Waals surface area contributed by atoms with Crippen LogP contribution in [0.25, 0.3) is 21.3 Å². The molecule has 1 saturated heterocycles. The smallest absolute Gasteiger partial charge is 0.262 e. The number of aromatic nitrogens is 2. The zero-order valence-corrected chi connectivity index (χ0v) is 20.5. The SMILES string of the molecule is Cc1ccc(-c2csc3ncn(CCC(=O)Nc4ccc(N5CCCC5=O)cc4)c(=O)c23)cc1C. The van der Waals surface area contributed by atoms with E-state index in [1.165, 1.54) is 33.4 Å². The summed E-state index contributed by atoms with van der Waals surface area (Å²) in [5.41, 5.74) is 5.59. The Labute approximate surface area is 207 Å². The summed E-state index contributed by atoms with van der Waals surface area (Å²) < 4.78 is 1.50. The van der Waals surface area contributed by atoms with E-state index in [9.17, 15) is 14.4 Å². The third-order valence-corrected chi connectivity index (χ3v) is 7.38. The third kappa shape index (κ3) is 4.61. The van der Waals surface area contributed by atoms with Gasteiger partial charge in [-0.2, -0.15) is 0 Å². The van der Waals surface area contributed by atoms with Gasteiger partial charge >= 0.3 is 0 Å². The van der Waals surface area contributed by atoms with Crippen LogP contribution in [0.5, 0.6) is 0 Å². The second kappa shape index (κ2) is 9.46. The molecule has 1 fully saturated rings. The average molecular weight is 487 g/mol. The number of anilines is 2. The molecule has 0 radical (unpaired) electrons. The van der Waals surface area contributed by atoms with Gasteiger partial charge < -0.3 is 10.2 Å². The van der Waals surface area contributed by atoms with Crippen LogP contribution in [0.4, 0.5) is 11.4 Å². The number of carbonyl (C=O) groups excluding carboxylic acids is 2. The fourth-order valence-corrected chi connectivity index (χ4v) is 5.25. The van der Waals surface area contributed by atoms with Crippen LogP contribution in [0.2, 0.25) is 0 Å². The van der Waals surface area contributed by atoms with Crippen molar-refractivity contribution in [1.82, 2.24) is 9.55 Å². The largest absolute Gasteiger partial charge is 0.326 e. The van der Waals surface area contributed by atoms with E-state index in [-0.39, 0.29) is 30.3 Å². The maximum Gasteiger partial charge on any atom is 0.262 e. The Balaban J connectivity index is 1.29. The predicted octanol–water partition coefficient (Wildman–Crippen LogP) is 4.90. The van der Waals surface area contributed by atoms with Crippen LogP contribution in [0.1, 0.15) is 30.4 Å². The zero-order chi connectivity index (χ0) is 24.5. The monoisotopic (exact) mass is 486 g/mol. The van der Waals surface area contributed by atoms with Crippen molar-refractivity contribution < 1.29 is 9.59 Å². The topological polar surface area (TPSA) is 84.3 Å². The van der Waals surface area contributed by atoms with Crippen molar-refractivity contribution >= 4 is 44.7 Å². The molecule has 0 bridgehead atoms. The van der Waals surface area contributed by atoms with Gasteiger partial charge in [-0.15, -0.1) is 11.3 Å². The van der Waals surface area contributed by atoms with Crippen LogP contribution in [0, 0.1) is 13.8 Å². The lowest BCUT2D eigenvalue weighted by molar-refractivity contribution is -0.117. The molecule has 7 nitrogen and oxygen atoms in total. The summed E-state index contributed by atoms with van der Waals surface area (Å²) in [7, 11) is 0. The molecule has 178 valence electrons. The van der Waals surface area contributed by atoms with Crippen LogP contribution in [-0.4, -0.2) is 27.9 Å². The Kier molecular flexibility index (Phi) is 6.21. The molecule has 2 aromatic heterocycles. The quantitative estimate of drug-likeness (QED) is 0.420. The standard InChI is InChI=1S/C27H26N4O3S/c1-17-5-6-19(14-18(17)2)22-15-35-26-25(22)27(34)30(16-28-26)13-11-23(32)29-20-7-9-21(10-8-20)31-12-3-4-24(31)33/h5-10,14-16H,3-4,11-13H2,1-2H3,(H,29,32). The lowest BCUT2D eigenvalue weighted by Crippen LogP contribution is -2.24. The predicted molar refractivity (Wildman–Crippen MR) is 140 cm³/mol. The minimum atomic E-state index is -0.193. The fraction of sp³-hybridized carbons (Fsp3) is 0.259. The summed E-state index contributed by atoms with van der Waals surface area (Å²) in [6.45, 7) is 5.08. The molecule has 0 saturated carbocycles. The molecule has 0 aliphatic carbocycles. The highest BCUT2D eigenvalue weighted by Gasteiger charge is 2.21. The molecule has 1 N–H and O–H groups in total. The summed E-state index contributed by atoms with van der Waals surface area (Å²) in [4.78, 5) is 44.6. The second-order valence-corrected chi connectivity index (χ2v) is 9.72. The van der Waals surface area contributed by atoms with Gasteiger partial charge in [-0.3, -0.25) is 19.0 Å². The van der Waals surface area contributed by atoms with Crippen molar-refractivity contribution in [1.29, 1.82) is 0 Å². The highest BCUT2D eigenvalue weighted by Crippen LogP contribution is 2.31. The van der Waals surface area contributed by atoms with Gasteiger partial charge in [0, 0.05) is 48.2 Å². The summed E-state index contributed by atoms with van der Waals surface area (Å²) in [6.07, 6.45) is 3.11. The van der Waals surface area contributed by atoms with Crippen molar-refractivity contribution in [3.63, 3.8) is 0 Å². The van der Waals surface area contributed by atoms with E-state index >= 15 is 0 Å². The van der Waals surface area contributed by atoms with Crippen LogP contribution in [-0.2, 0) is 16.1 Å². The average Bonchev–Trinajstić information content (AvgIpc) is 3.48. The molecule has 0 atom stereocenters. The molecule has 35 heavy (non-hydrogen) atoms. The minimum absolute atomic E-state index is 0.129. The molecular weight excluding hydrogens is 460 g/mol. The number of fused-ring (bicyclic) bond motifs is 1. The number of aryl methyl sites for hydroxylation is 3. The van der Waals surface area contributed by atoms with Crippen molar-refractivity contribution in [2.45, 2.75) is 39.7 Å². The van der Waals surface area contributed by atoms with Crippen molar-refractivity contribution in [2.24, 2.45) is 0 Å². The molecule has 0 unspecified atom stereocenters. The number of benzene rings is 2. The normalized spacial score (nSPS) is 13.5. The zero-order valence-electron chi connectivity index (χ0n) is 19.7. The van der Waals surface area contributed by atoms with E-state index < -0.39 is 0 Å². The van der Waals surface area contributed by atoms with Crippen LogP contribution in [0.3, 0.4) is 0 Å². The first-order valence-corrected chi connectivity index (χ1v) is 12.5. The van der Waals surface area contributed by atoms with Crippen molar-refractivity contribution in [3.05, 3.63) is 75.7 Å². The molecule has 2 amide bonds. The molecule has 1 aliphatic rings. The van der Waals surface area contributed by atoms with E-state index in [1.807, 2.05) is 23.6 Å². The molecule has 2 aromatic carbocycles. The summed E-state index contributed by atoms with van der Waals surface area (Å²) >= 11 is 1.45. The first-order valence-electron chi connectivity index (χ1n) is 11.7. The maximum atomic E-state index is 13.3. The number of thiophene rings is 1. The number of nitrogens with one attached hydrogen (secondary N) is 1. The van der Waals surface area contributed by atoms with Gasteiger partial charge in [-0.25, -0.2) is 4.98 Å². The Morgan fingerprint density at radius 2 is 1.89 bits per heavy atom. The number of rotatable bonds is 6. The minimum Gasteiger partial charge on any atom is -0.326 e. The maximum absolute atomic E-state index is 13.3. The van der Waals surface area contributed by atoms with E-state index in [1.54, 1.807) is 17.0 Å². The van der Waals surface area contributed by atoms with E-state index in [4.69, 9.17) is 0 Å². The Morgan fingerprint density at radius 1 is 1.09 bits per heavy atom. The first-order chi connectivity index (χ1) is 16.9. The molecule has 1 aliphatic heterocycles. The van der Waals surface area contributed by atoms with Crippen LogP contribution in [0.15, 0.2) is 59.0 Å². The summed E-state index contributed by atoms with van der Waals surface area (Å²) in [6, 6.07) is 13.4. The van der Waals surface area contributed by atoms with Gasteiger partial charge in [0.25, 0.3) is 5.56 Å². The Morgan fingerprint density at radius 3 is 2.60 bits per heavy atom. The van der Waals surface area contributed by atoms with Gasteiger partial charge in [-0.05, 0) is 61.2 Å². The molecule has 0 spiro atoms. The van der Waals surface area contributed by atoms with Gasteiger partial charge in [-0.1, -0.05) is 18.2 Å². The summed E-state index contributed by atoms with van der Waals surface area (Å²) in [5.74, 6) is -0.0641. The van der Waals surface area contributed by atoms with Crippen LogP contribution < -0.4 is 15.8 Å². The van der Waals surface area contributed by atoms with Gasteiger partial charge in [0.2, 0.25) is 11.8 Å². The number of hydrogen-bond acceptors (Lipinski definition) is 5. The molecule has 4 aromatic rings. The Bertz CT molecular complexity index is 1490. The lowest BCUT2D eigenvalue weighted by atomic mass is 10.0. The highest BCUT2D eigenvalue weighted by molar-refractivity contribution is 7.17. The molecule has 3 heterocycles. The van der Waals surface area contributed by atoms with Gasteiger partial charge in [0.1, 0.15) is 4.83 Å². The molecule has 8 heteroatoms. The van der Waals surface area contributed by atoms with Gasteiger partial charge in [0.15, 0.2) is 0 Å². The summed E-state index contributed by atoms with van der Waals surface area (Å²) in [5, 5.41) is 5.43. The number of carbonyl (C=O) groups is 2.